The van der Waals surface area contributed by atoms with Crippen LogP contribution in [0.15, 0.2) is 28.4 Å². The second kappa shape index (κ2) is 8.29. The van der Waals surface area contributed by atoms with Gasteiger partial charge in [-0.3, -0.25) is 4.72 Å². The van der Waals surface area contributed by atoms with Crippen LogP contribution in [0.5, 0.6) is 0 Å². The van der Waals surface area contributed by atoms with Gasteiger partial charge in [-0.05, 0) is 32.0 Å². The van der Waals surface area contributed by atoms with E-state index in [1.165, 1.54) is 0 Å². The molecule has 0 aliphatic heterocycles. The van der Waals surface area contributed by atoms with Gasteiger partial charge in [0.05, 0.1) is 11.9 Å². The second-order valence-electron chi connectivity index (χ2n) is 5.46. The lowest BCUT2D eigenvalue weighted by atomic mass is 10.2. The first-order chi connectivity index (χ1) is 12.8. The lowest BCUT2D eigenvalue weighted by molar-refractivity contribution is 0.607. The molecule has 11 heteroatoms. The number of nitriles is 2. The molecule has 10 nitrogen and oxygen atoms in total. The topological polar surface area (TPSA) is 150 Å². The highest BCUT2D eigenvalue weighted by atomic mass is 32.2. The normalized spacial score (nSPS) is 11.1. The Morgan fingerprint density at radius 1 is 1.22 bits per heavy atom. The van der Waals surface area contributed by atoms with Crippen molar-refractivity contribution in [1.82, 2.24) is 9.97 Å². The molecule has 0 atom stereocenters. The number of hydrogen-bond acceptors (Lipinski definition) is 8. The van der Waals surface area contributed by atoms with Crippen molar-refractivity contribution in [3.63, 3.8) is 0 Å². The SMILES string of the molecule is CCN(CC)c1ccc(/N=N/c2nc(C#N)c(C#N)[nH]2)c(NS(C)(=O)=O)c1. The van der Waals surface area contributed by atoms with Gasteiger partial charge in [-0.25, -0.2) is 8.42 Å². The number of hydrogen-bond donors (Lipinski definition) is 2. The van der Waals surface area contributed by atoms with Crippen LogP contribution in [0.1, 0.15) is 25.2 Å². The molecule has 0 unspecified atom stereocenters. The van der Waals surface area contributed by atoms with Crippen molar-refractivity contribution >= 4 is 33.0 Å². The van der Waals surface area contributed by atoms with E-state index in [2.05, 4.69) is 29.8 Å². The molecular weight excluding hydrogens is 368 g/mol. The zero-order valence-electron chi connectivity index (χ0n) is 15.1. The average Bonchev–Trinajstić information content (AvgIpc) is 3.03. The van der Waals surface area contributed by atoms with Gasteiger partial charge in [0, 0.05) is 18.8 Å². The Morgan fingerprint density at radius 2 is 1.93 bits per heavy atom. The number of H-pyrrole nitrogens is 1. The standard InChI is InChI=1S/C16H18N8O2S/c1-4-24(5-2)11-6-7-12(13(8-11)23-27(3,25)26)21-22-16-19-14(9-17)15(10-18)20-16/h6-8,23H,4-5H2,1-3H3,(H,19,20)/b22-21+. The van der Waals surface area contributed by atoms with E-state index in [4.69, 9.17) is 10.5 Å². The maximum absolute atomic E-state index is 11.7. The summed E-state index contributed by atoms with van der Waals surface area (Å²) in [5.74, 6) is -0.0266. The fourth-order valence-corrected chi connectivity index (χ4v) is 2.91. The van der Waals surface area contributed by atoms with Crippen molar-refractivity contribution in [2.45, 2.75) is 13.8 Å². The smallest absolute Gasteiger partial charge is 0.249 e. The molecule has 0 amide bonds. The molecule has 0 fully saturated rings. The molecule has 0 aliphatic carbocycles. The number of nitrogens with zero attached hydrogens (tertiary/aromatic N) is 6. The summed E-state index contributed by atoms with van der Waals surface area (Å²) in [6.45, 7) is 5.51. The van der Waals surface area contributed by atoms with Crippen molar-refractivity contribution in [3.05, 3.63) is 29.6 Å². The Labute approximate surface area is 157 Å². The number of rotatable bonds is 7. The predicted octanol–water partition coefficient (Wildman–Crippen LogP) is 2.79. The minimum atomic E-state index is -3.53. The maximum atomic E-state index is 11.7. The van der Waals surface area contributed by atoms with Crippen molar-refractivity contribution in [3.8, 4) is 12.1 Å². The Balaban J connectivity index is 2.44. The van der Waals surface area contributed by atoms with Crippen LogP contribution in [-0.4, -0.2) is 37.7 Å². The number of imidazole rings is 1. The van der Waals surface area contributed by atoms with Crippen LogP contribution in [-0.2, 0) is 10.0 Å². The van der Waals surface area contributed by atoms with E-state index in [-0.39, 0.29) is 28.7 Å². The first-order valence-electron chi connectivity index (χ1n) is 8.00. The summed E-state index contributed by atoms with van der Waals surface area (Å²) in [6, 6.07) is 8.68. The van der Waals surface area contributed by atoms with Gasteiger partial charge in [-0.1, -0.05) is 0 Å². The summed E-state index contributed by atoms with van der Waals surface area (Å²) in [4.78, 5) is 8.47. The maximum Gasteiger partial charge on any atom is 0.249 e. The van der Waals surface area contributed by atoms with Crippen LogP contribution in [0.3, 0.4) is 0 Å². The highest BCUT2D eigenvalue weighted by molar-refractivity contribution is 7.92. The quantitative estimate of drug-likeness (QED) is 0.698. The molecule has 2 aromatic rings. The molecule has 0 aliphatic rings. The fourth-order valence-electron chi connectivity index (χ4n) is 2.35. The highest BCUT2D eigenvalue weighted by Crippen LogP contribution is 2.32. The molecule has 2 rings (SSSR count). The van der Waals surface area contributed by atoms with Gasteiger partial charge in [-0.15, -0.1) is 10.2 Å². The first kappa shape index (κ1) is 19.9. The predicted molar refractivity (Wildman–Crippen MR) is 101 cm³/mol. The van der Waals surface area contributed by atoms with Crippen molar-refractivity contribution < 1.29 is 8.42 Å². The Hall–Kier alpha value is -3.44. The van der Waals surface area contributed by atoms with Gasteiger partial charge < -0.3 is 9.88 Å². The van der Waals surface area contributed by atoms with E-state index >= 15 is 0 Å². The molecule has 0 saturated carbocycles. The van der Waals surface area contributed by atoms with Crippen LogP contribution in [0.25, 0.3) is 0 Å². The molecule has 1 aromatic carbocycles. The number of nitrogens with one attached hydrogen (secondary N) is 2. The summed E-state index contributed by atoms with van der Waals surface area (Å²) < 4.78 is 25.8. The van der Waals surface area contributed by atoms with E-state index in [1.54, 1.807) is 30.3 Å². The molecule has 27 heavy (non-hydrogen) atoms. The van der Waals surface area contributed by atoms with Crippen LogP contribution in [0, 0.1) is 22.7 Å². The van der Waals surface area contributed by atoms with Crippen LogP contribution in [0.2, 0.25) is 0 Å². The van der Waals surface area contributed by atoms with E-state index in [0.717, 1.165) is 25.0 Å². The summed E-state index contributed by atoms with van der Waals surface area (Å²) in [5.41, 5.74) is 1.26. The molecule has 0 radical (unpaired) electrons. The van der Waals surface area contributed by atoms with Gasteiger partial charge in [0.1, 0.15) is 17.8 Å². The zero-order valence-corrected chi connectivity index (χ0v) is 15.9. The third-order valence-corrected chi connectivity index (χ3v) is 4.16. The van der Waals surface area contributed by atoms with Crippen LogP contribution >= 0.6 is 0 Å². The van der Waals surface area contributed by atoms with Gasteiger partial charge in [0.2, 0.25) is 16.0 Å². The molecule has 1 aromatic heterocycles. The van der Waals surface area contributed by atoms with Crippen LogP contribution in [0.4, 0.5) is 23.0 Å². The lowest BCUT2D eigenvalue weighted by Crippen LogP contribution is -2.22. The molecule has 0 bridgehead atoms. The van der Waals surface area contributed by atoms with Gasteiger partial charge in [-0.2, -0.15) is 15.5 Å². The average molecular weight is 386 g/mol. The minimum Gasteiger partial charge on any atom is -0.372 e. The third kappa shape index (κ3) is 5.03. The summed E-state index contributed by atoms with van der Waals surface area (Å²) in [5, 5.41) is 25.7. The monoisotopic (exact) mass is 386 g/mol. The summed E-state index contributed by atoms with van der Waals surface area (Å²) >= 11 is 0. The van der Waals surface area contributed by atoms with E-state index in [9.17, 15) is 8.42 Å². The number of sulfonamides is 1. The Bertz CT molecular complexity index is 1010. The van der Waals surface area contributed by atoms with Crippen LogP contribution < -0.4 is 9.62 Å². The fraction of sp³-hybridized carbons (Fsp3) is 0.312. The molecule has 140 valence electrons. The van der Waals surface area contributed by atoms with E-state index in [1.807, 2.05) is 13.8 Å². The first-order valence-corrected chi connectivity index (χ1v) is 9.89. The number of anilines is 2. The van der Waals surface area contributed by atoms with Crippen molar-refractivity contribution in [2.24, 2.45) is 10.2 Å². The summed E-state index contributed by atoms with van der Waals surface area (Å²) in [7, 11) is -3.53. The lowest BCUT2D eigenvalue weighted by Gasteiger charge is -2.22. The second-order valence-corrected chi connectivity index (χ2v) is 7.20. The third-order valence-electron chi connectivity index (χ3n) is 3.57. The molecule has 1 heterocycles. The molecule has 0 saturated heterocycles. The Kier molecular flexibility index (Phi) is 6.11. The van der Waals surface area contributed by atoms with Gasteiger partial charge in [0.15, 0.2) is 11.4 Å². The molecule has 2 N–H and O–H groups in total. The van der Waals surface area contributed by atoms with E-state index in [0.29, 0.717) is 0 Å². The van der Waals surface area contributed by atoms with Crippen molar-refractivity contribution in [2.75, 3.05) is 29.0 Å². The van der Waals surface area contributed by atoms with Crippen molar-refractivity contribution in [1.29, 1.82) is 10.5 Å². The van der Waals surface area contributed by atoms with E-state index < -0.39 is 10.0 Å². The number of aromatic amines is 1. The van der Waals surface area contributed by atoms with Gasteiger partial charge >= 0.3 is 0 Å². The highest BCUT2D eigenvalue weighted by Gasteiger charge is 2.12. The molecule has 0 spiro atoms. The van der Waals surface area contributed by atoms with Gasteiger partial charge in [0.25, 0.3) is 0 Å². The largest absolute Gasteiger partial charge is 0.372 e. The summed E-state index contributed by atoms with van der Waals surface area (Å²) in [6.07, 6.45) is 1.04. The zero-order chi connectivity index (χ0) is 20.0. The number of benzene rings is 1. The number of aromatic nitrogens is 2. The number of azo groups is 1. The molecular formula is C16H18N8O2S. The Morgan fingerprint density at radius 3 is 2.44 bits per heavy atom. The minimum absolute atomic E-state index is 0.0159.